The van der Waals surface area contributed by atoms with Gasteiger partial charge in [-0.05, 0) is 17.0 Å². The summed E-state index contributed by atoms with van der Waals surface area (Å²) in [6.07, 6.45) is 1.58. The molecular formula is C4H8O3S2. The van der Waals surface area contributed by atoms with Gasteiger partial charge in [0.15, 0.2) is 0 Å². The Kier molecular flexibility index (Phi) is 2.03. The highest BCUT2D eigenvalue weighted by molar-refractivity contribution is 8.72. The van der Waals surface area contributed by atoms with Crippen molar-refractivity contribution in [3.8, 4) is 0 Å². The summed E-state index contributed by atoms with van der Waals surface area (Å²) in [6, 6.07) is 0. The van der Waals surface area contributed by atoms with Gasteiger partial charge in [-0.15, -0.1) is 0 Å². The summed E-state index contributed by atoms with van der Waals surface area (Å²) >= 11 is 0. The second-order valence-corrected chi connectivity index (χ2v) is 6.20. The Morgan fingerprint density at radius 2 is 2.11 bits per heavy atom. The van der Waals surface area contributed by atoms with Gasteiger partial charge in [-0.3, -0.25) is 0 Å². The van der Waals surface area contributed by atoms with E-state index in [1.165, 1.54) is 0 Å². The van der Waals surface area contributed by atoms with Gasteiger partial charge in [-0.25, -0.2) is 8.42 Å². The Morgan fingerprint density at radius 3 is 2.22 bits per heavy atom. The second kappa shape index (κ2) is 2.48. The Labute approximate surface area is 58.1 Å². The van der Waals surface area contributed by atoms with Crippen LogP contribution in [0, 0.1) is 0 Å². The fourth-order valence-corrected chi connectivity index (χ4v) is 2.46. The fourth-order valence-electron chi connectivity index (χ4n) is 0.517. The predicted octanol–water partition coefficient (Wildman–Crippen LogP) is 0.0780. The first kappa shape index (κ1) is 7.37. The zero-order valence-electron chi connectivity index (χ0n) is 5.03. The molecule has 0 aromatic carbocycles. The van der Waals surface area contributed by atoms with Crippen molar-refractivity contribution >= 4 is 19.7 Å². The van der Waals surface area contributed by atoms with Crippen molar-refractivity contribution in [2.24, 2.45) is 0 Å². The summed E-state index contributed by atoms with van der Waals surface area (Å²) in [6.45, 7) is 0.756. The standard InChI is InChI=1S/C4H8O3S2/c1-8-9(5,6)4-2-7-3-4/h4H,2-3H2,1H3. The quantitative estimate of drug-likeness (QED) is 0.548. The van der Waals surface area contributed by atoms with Crippen molar-refractivity contribution in [1.82, 2.24) is 0 Å². The van der Waals surface area contributed by atoms with E-state index >= 15 is 0 Å². The third kappa shape index (κ3) is 1.39. The van der Waals surface area contributed by atoms with Gasteiger partial charge in [0.1, 0.15) is 5.25 Å². The van der Waals surface area contributed by atoms with Crippen molar-refractivity contribution in [1.29, 1.82) is 0 Å². The molecule has 9 heavy (non-hydrogen) atoms. The zero-order chi connectivity index (χ0) is 6.91. The van der Waals surface area contributed by atoms with E-state index < -0.39 is 8.87 Å². The summed E-state index contributed by atoms with van der Waals surface area (Å²) < 4.78 is 26.5. The molecule has 1 saturated heterocycles. The maximum atomic E-state index is 10.9. The van der Waals surface area contributed by atoms with E-state index in [0.717, 1.165) is 10.8 Å². The van der Waals surface area contributed by atoms with E-state index in [0.29, 0.717) is 13.2 Å². The van der Waals surface area contributed by atoms with Gasteiger partial charge in [0.25, 0.3) is 0 Å². The maximum Gasteiger partial charge on any atom is 0.208 e. The molecule has 0 N–H and O–H groups in total. The monoisotopic (exact) mass is 168 g/mol. The molecule has 54 valence electrons. The fraction of sp³-hybridized carbons (Fsp3) is 1.00. The maximum absolute atomic E-state index is 10.9. The van der Waals surface area contributed by atoms with Crippen LogP contribution in [0.1, 0.15) is 0 Å². The lowest BCUT2D eigenvalue weighted by Crippen LogP contribution is -2.38. The lowest BCUT2D eigenvalue weighted by atomic mass is 10.4. The molecule has 1 rings (SSSR count). The van der Waals surface area contributed by atoms with Crippen LogP contribution in [0.25, 0.3) is 0 Å². The first-order chi connectivity index (χ1) is 4.17. The van der Waals surface area contributed by atoms with Gasteiger partial charge in [0.05, 0.1) is 13.2 Å². The Morgan fingerprint density at radius 1 is 1.56 bits per heavy atom. The van der Waals surface area contributed by atoms with Crippen LogP contribution in [0.4, 0.5) is 0 Å². The van der Waals surface area contributed by atoms with Gasteiger partial charge < -0.3 is 4.74 Å². The van der Waals surface area contributed by atoms with Crippen LogP contribution in [-0.4, -0.2) is 33.1 Å². The first-order valence-electron chi connectivity index (χ1n) is 2.54. The normalized spacial score (nSPS) is 21.4. The minimum absolute atomic E-state index is 0.243. The van der Waals surface area contributed by atoms with Crippen LogP contribution < -0.4 is 0 Å². The molecule has 0 aliphatic carbocycles. The molecule has 0 bridgehead atoms. The molecule has 0 atom stereocenters. The zero-order valence-corrected chi connectivity index (χ0v) is 6.67. The summed E-state index contributed by atoms with van der Waals surface area (Å²) in [5, 5.41) is -0.243. The molecule has 3 nitrogen and oxygen atoms in total. The molecule has 1 fully saturated rings. The van der Waals surface area contributed by atoms with Gasteiger partial charge >= 0.3 is 0 Å². The van der Waals surface area contributed by atoms with E-state index in [9.17, 15) is 8.42 Å². The highest BCUT2D eigenvalue weighted by Gasteiger charge is 2.31. The molecule has 0 spiro atoms. The molecule has 0 amide bonds. The number of ether oxygens (including phenoxy) is 1. The van der Waals surface area contributed by atoms with Gasteiger partial charge in [-0.1, -0.05) is 0 Å². The molecule has 5 heteroatoms. The Bertz CT molecular complexity index is 180. The molecule has 0 radical (unpaired) electrons. The van der Waals surface area contributed by atoms with E-state index in [1.54, 1.807) is 6.26 Å². The third-order valence-electron chi connectivity index (χ3n) is 1.25. The van der Waals surface area contributed by atoms with Crippen LogP contribution in [-0.2, 0) is 13.6 Å². The Hall–Kier alpha value is 0.260. The van der Waals surface area contributed by atoms with Crippen LogP contribution in [0.2, 0.25) is 0 Å². The highest BCUT2D eigenvalue weighted by Crippen LogP contribution is 2.20. The SMILES string of the molecule is CSS(=O)(=O)C1COC1. The van der Waals surface area contributed by atoms with Crippen LogP contribution in [0.5, 0.6) is 0 Å². The smallest absolute Gasteiger partial charge is 0.208 e. The average molecular weight is 168 g/mol. The van der Waals surface area contributed by atoms with Crippen LogP contribution in [0.15, 0.2) is 0 Å². The third-order valence-corrected chi connectivity index (χ3v) is 5.01. The summed E-state index contributed by atoms with van der Waals surface area (Å²) in [5.74, 6) is 0. The molecule has 0 aromatic rings. The van der Waals surface area contributed by atoms with Crippen LogP contribution in [0.3, 0.4) is 0 Å². The predicted molar refractivity (Wildman–Crippen MR) is 37.0 cm³/mol. The molecule has 0 aromatic heterocycles. The van der Waals surface area contributed by atoms with E-state index in [2.05, 4.69) is 0 Å². The largest absolute Gasteiger partial charge is 0.378 e. The second-order valence-electron chi connectivity index (χ2n) is 1.82. The van der Waals surface area contributed by atoms with E-state index in [4.69, 9.17) is 4.74 Å². The summed E-state index contributed by atoms with van der Waals surface area (Å²) in [7, 11) is -1.97. The minimum Gasteiger partial charge on any atom is -0.378 e. The number of hydrogen-bond donors (Lipinski definition) is 0. The summed E-state index contributed by atoms with van der Waals surface area (Å²) in [5.41, 5.74) is 0. The van der Waals surface area contributed by atoms with Crippen molar-refractivity contribution < 1.29 is 13.2 Å². The van der Waals surface area contributed by atoms with Crippen molar-refractivity contribution in [2.75, 3.05) is 19.5 Å². The Balaban J connectivity index is 2.59. The van der Waals surface area contributed by atoms with Gasteiger partial charge in [0.2, 0.25) is 8.87 Å². The lowest BCUT2D eigenvalue weighted by Gasteiger charge is -2.24. The van der Waals surface area contributed by atoms with Crippen molar-refractivity contribution in [3.63, 3.8) is 0 Å². The van der Waals surface area contributed by atoms with Crippen molar-refractivity contribution in [3.05, 3.63) is 0 Å². The number of rotatable bonds is 2. The van der Waals surface area contributed by atoms with E-state index in [1.807, 2.05) is 0 Å². The topological polar surface area (TPSA) is 43.4 Å². The molecule has 1 aliphatic heterocycles. The molecule has 0 saturated carbocycles. The molecule has 1 heterocycles. The number of hydrogen-bond acceptors (Lipinski definition) is 4. The average Bonchev–Trinajstić information content (AvgIpc) is 1.60. The van der Waals surface area contributed by atoms with Gasteiger partial charge in [-0.2, -0.15) is 0 Å². The molecular weight excluding hydrogens is 160 g/mol. The van der Waals surface area contributed by atoms with Gasteiger partial charge in [0, 0.05) is 0 Å². The van der Waals surface area contributed by atoms with Crippen LogP contribution >= 0.6 is 10.8 Å². The molecule has 1 aliphatic rings. The van der Waals surface area contributed by atoms with Crippen molar-refractivity contribution in [2.45, 2.75) is 5.25 Å². The lowest BCUT2D eigenvalue weighted by molar-refractivity contribution is 0.0425. The highest BCUT2D eigenvalue weighted by atomic mass is 33.1. The first-order valence-corrected chi connectivity index (χ1v) is 5.83. The molecule has 0 unspecified atom stereocenters. The minimum atomic E-state index is -2.87. The van der Waals surface area contributed by atoms with E-state index in [-0.39, 0.29) is 5.25 Å². The summed E-state index contributed by atoms with van der Waals surface area (Å²) in [4.78, 5) is 0.